The van der Waals surface area contributed by atoms with Gasteiger partial charge in [0, 0.05) is 5.03 Å². The smallest absolute Gasteiger partial charge is 0.0392 e. The molecule has 0 spiro atoms. The topological polar surface area (TPSA) is 0 Å². The highest BCUT2D eigenvalue weighted by Crippen LogP contribution is 2.20. The van der Waals surface area contributed by atoms with Gasteiger partial charge in [-0.1, -0.05) is 23.3 Å². The molecule has 0 amide bonds. The van der Waals surface area contributed by atoms with E-state index in [0.717, 1.165) is 11.5 Å². The molecule has 0 aromatic carbocycles. The van der Waals surface area contributed by atoms with Gasteiger partial charge in [-0.15, -0.1) is 0 Å². The quantitative estimate of drug-likeness (QED) is 0.487. The number of hydrogen-bond donors (Lipinski definition) is 0. The minimum Gasteiger partial charge on any atom is -0.0844 e. The number of halogens is 1. The molecule has 0 bridgehead atoms. The van der Waals surface area contributed by atoms with Gasteiger partial charge in [0.15, 0.2) is 0 Å². The monoisotopic (exact) mass is 142 g/mol. The highest BCUT2D eigenvalue weighted by Gasteiger charge is 1.98. The van der Waals surface area contributed by atoms with Crippen LogP contribution in [0.3, 0.4) is 0 Å². The van der Waals surface area contributed by atoms with Crippen LogP contribution in [0.15, 0.2) is 22.8 Å². The first kappa shape index (κ1) is 6.88. The maximum absolute atomic E-state index is 5.86. The number of allylic oxidation sites excluding steroid dienone is 4. The third-order valence-electron chi connectivity index (χ3n) is 1.59. The fourth-order valence-electron chi connectivity index (χ4n) is 0.934. The Kier molecular flexibility index (Phi) is 2.35. The summed E-state index contributed by atoms with van der Waals surface area (Å²) in [5.74, 6) is 0. The third kappa shape index (κ3) is 1.87. The van der Waals surface area contributed by atoms with Crippen LogP contribution in [0.25, 0.3) is 0 Å². The molecule has 0 saturated carbocycles. The Morgan fingerprint density at radius 3 is 3.11 bits per heavy atom. The van der Waals surface area contributed by atoms with E-state index in [1.54, 1.807) is 0 Å². The molecular weight excluding hydrogens is 132 g/mol. The molecule has 0 unspecified atom stereocenters. The normalized spacial score (nSPS) is 20.2. The summed E-state index contributed by atoms with van der Waals surface area (Å²) in [4.78, 5) is 0. The summed E-state index contributed by atoms with van der Waals surface area (Å²) in [6.45, 7) is 2.10. The van der Waals surface area contributed by atoms with Gasteiger partial charge in [-0.2, -0.15) is 0 Å². The molecule has 0 aliphatic heterocycles. The second-order valence-corrected chi connectivity index (χ2v) is 2.83. The summed E-state index contributed by atoms with van der Waals surface area (Å²) >= 11 is 5.86. The Balaban J connectivity index is 2.72. The number of hydrogen-bond acceptors (Lipinski definition) is 0. The Hall–Kier alpha value is -0.230. The van der Waals surface area contributed by atoms with Gasteiger partial charge in [0.1, 0.15) is 0 Å². The molecule has 0 N–H and O–H groups in total. The molecular formula is C8H11Cl. The van der Waals surface area contributed by atoms with E-state index in [1.807, 2.05) is 6.08 Å². The Morgan fingerprint density at radius 1 is 1.56 bits per heavy atom. The summed E-state index contributed by atoms with van der Waals surface area (Å²) in [6.07, 6.45) is 7.72. The zero-order chi connectivity index (χ0) is 6.69. The Bertz CT molecular complexity index is 154. The van der Waals surface area contributed by atoms with Crippen LogP contribution in [0.4, 0.5) is 0 Å². The molecule has 1 aliphatic carbocycles. The summed E-state index contributed by atoms with van der Waals surface area (Å²) in [5.41, 5.74) is 1.32. The van der Waals surface area contributed by atoms with Crippen molar-refractivity contribution in [3.8, 4) is 0 Å². The zero-order valence-corrected chi connectivity index (χ0v) is 6.41. The Morgan fingerprint density at radius 2 is 2.33 bits per heavy atom. The molecule has 1 aliphatic rings. The molecule has 0 atom stereocenters. The van der Waals surface area contributed by atoms with E-state index in [0.29, 0.717) is 0 Å². The van der Waals surface area contributed by atoms with Gasteiger partial charge in [-0.3, -0.25) is 0 Å². The lowest BCUT2D eigenvalue weighted by molar-refractivity contribution is 0.840. The van der Waals surface area contributed by atoms with Crippen LogP contribution in [0.5, 0.6) is 0 Å². The average molecular weight is 143 g/mol. The lowest BCUT2D eigenvalue weighted by Crippen LogP contribution is -1.75. The van der Waals surface area contributed by atoms with Crippen LogP contribution in [-0.2, 0) is 0 Å². The first-order chi connectivity index (χ1) is 4.30. The maximum Gasteiger partial charge on any atom is 0.0392 e. The van der Waals surface area contributed by atoms with Gasteiger partial charge in [0.2, 0.25) is 0 Å². The van der Waals surface area contributed by atoms with Gasteiger partial charge >= 0.3 is 0 Å². The lowest BCUT2D eigenvalue weighted by Gasteiger charge is -1.95. The molecule has 0 fully saturated rings. The second-order valence-electron chi connectivity index (χ2n) is 2.42. The fourth-order valence-corrected chi connectivity index (χ4v) is 1.12. The molecule has 0 aromatic rings. The number of rotatable bonds is 0. The van der Waals surface area contributed by atoms with Crippen molar-refractivity contribution < 1.29 is 0 Å². The Labute approximate surface area is 61.2 Å². The predicted molar refractivity (Wildman–Crippen MR) is 41.5 cm³/mol. The van der Waals surface area contributed by atoms with Crippen LogP contribution in [0.2, 0.25) is 0 Å². The molecule has 1 heteroatoms. The average Bonchev–Trinajstić information content (AvgIpc) is 1.99. The predicted octanol–water partition coefficient (Wildman–Crippen LogP) is 3.24. The highest BCUT2D eigenvalue weighted by molar-refractivity contribution is 6.31. The molecule has 9 heavy (non-hydrogen) atoms. The first-order valence-corrected chi connectivity index (χ1v) is 3.70. The lowest BCUT2D eigenvalue weighted by atomic mass is 10.1. The van der Waals surface area contributed by atoms with E-state index in [2.05, 4.69) is 13.0 Å². The van der Waals surface area contributed by atoms with Crippen molar-refractivity contribution in [1.82, 2.24) is 0 Å². The van der Waals surface area contributed by atoms with Crippen LogP contribution in [0, 0.1) is 0 Å². The molecule has 1 rings (SSSR count). The van der Waals surface area contributed by atoms with Crippen molar-refractivity contribution in [2.75, 3.05) is 0 Å². The molecule has 0 heterocycles. The first-order valence-electron chi connectivity index (χ1n) is 3.32. The van der Waals surface area contributed by atoms with Crippen molar-refractivity contribution in [2.45, 2.75) is 26.2 Å². The van der Waals surface area contributed by atoms with E-state index in [1.165, 1.54) is 18.4 Å². The van der Waals surface area contributed by atoms with Gasteiger partial charge in [-0.05, 0) is 32.3 Å². The van der Waals surface area contributed by atoms with E-state index in [4.69, 9.17) is 11.6 Å². The van der Waals surface area contributed by atoms with Gasteiger partial charge < -0.3 is 0 Å². The molecule has 50 valence electrons. The van der Waals surface area contributed by atoms with Gasteiger partial charge in [0.25, 0.3) is 0 Å². The zero-order valence-electron chi connectivity index (χ0n) is 5.65. The van der Waals surface area contributed by atoms with Crippen molar-refractivity contribution in [2.24, 2.45) is 0 Å². The van der Waals surface area contributed by atoms with Crippen molar-refractivity contribution in [1.29, 1.82) is 0 Å². The van der Waals surface area contributed by atoms with E-state index in [-0.39, 0.29) is 0 Å². The second kappa shape index (κ2) is 3.07. The molecule has 0 nitrogen and oxygen atoms in total. The van der Waals surface area contributed by atoms with E-state index < -0.39 is 0 Å². The standard InChI is InChI=1S/C8H11Cl/c1-7-5-3-2-4-6-8(7)9/h4,6H,2-3,5H2,1H3. The van der Waals surface area contributed by atoms with Gasteiger partial charge in [-0.25, -0.2) is 0 Å². The maximum atomic E-state index is 5.86. The third-order valence-corrected chi connectivity index (χ3v) is 2.04. The molecule has 0 saturated heterocycles. The van der Waals surface area contributed by atoms with Crippen LogP contribution >= 0.6 is 11.6 Å². The fraction of sp³-hybridized carbons (Fsp3) is 0.500. The largest absolute Gasteiger partial charge is 0.0844 e. The van der Waals surface area contributed by atoms with Crippen molar-refractivity contribution in [3.05, 3.63) is 22.8 Å². The van der Waals surface area contributed by atoms with Crippen LogP contribution in [0.1, 0.15) is 26.2 Å². The summed E-state index contributed by atoms with van der Waals surface area (Å²) in [7, 11) is 0. The summed E-state index contributed by atoms with van der Waals surface area (Å²) < 4.78 is 0. The summed E-state index contributed by atoms with van der Waals surface area (Å²) in [6, 6.07) is 0. The van der Waals surface area contributed by atoms with Gasteiger partial charge in [0.05, 0.1) is 0 Å². The summed E-state index contributed by atoms with van der Waals surface area (Å²) in [5, 5.41) is 0.938. The van der Waals surface area contributed by atoms with E-state index in [9.17, 15) is 0 Å². The van der Waals surface area contributed by atoms with E-state index >= 15 is 0 Å². The minimum absolute atomic E-state index is 0.938. The highest BCUT2D eigenvalue weighted by atomic mass is 35.5. The van der Waals surface area contributed by atoms with Crippen molar-refractivity contribution >= 4 is 11.6 Å². The van der Waals surface area contributed by atoms with Crippen molar-refractivity contribution in [3.63, 3.8) is 0 Å². The molecule has 0 aromatic heterocycles. The minimum atomic E-state index is 0.938. The molecule has 0 radical (unpaired) electrons. The van der Waals surface area contributed by atoms with Crippen LogP contribution in [-0.4, -0.2) is 0 Å². The SMILES string of the molecule is CC1=C(Cl)C=CCCC1. The van der Waals surface area contributed by atoms with Crippen LogP contribution < -0.4 is 0 Å².